The molecule has 0 fully saturated rings. The van der Waals surface area contributed by atoms with E-state index in [9.17, 15) is 4.79 Å². The Morgan fingerprint density at radius 1 is 1.26 bits per heavy atom. The van der Waals surface area contributed by atoms with Crippen molar-refractivity contribution in [2.45, 2.75) is 33.7 Å². The lowest BCUT2D eigenvalue weighted by atomic mass is 10.2. The molecule has 0 spiro atoms. The molecule has 1 amide bonds. The number of hydrogen-bond donors (Lipinski definition) is 1. The molecular weight excluding hydrogens is 314 g/mol. The standard InChI is InChI=1S/C17H23NO4S/c1-11(2)9-21-12(3)22-18-17(19)16-8-14-6-5-13(10-20-4)7-15(14)23-16/h5-8,11-12H,9-10H2,1-4H3,(H,18,19). The minimum absolute atomic E-state index is 0.264. The number of carbonyl (C=O) groups excluding carboxylic acids is 1. The number of benzene rings is 1. The van der Waals surface area contributed by atoms with Gasteiger partial charge in [-0.25, -0.2) is 10.3 Å². The molecule has 1 aromatic carbocycles. The van der Waals surface area contributed by atoms with Crippen LogP contribution in [-0.4, -0.2) is 25.9 Å². The summed E-state index contributed by atoms with van der Waals surface area (Å²) in [5.41, 5.74) is 3.53. The molecular formula is C17H23NO4S. The zero-order valence-electron chi connectivity index (χ0n) is 13.9. The first-order valence-corrected chi connectivity index (χ1v) is 8.40. The number of amides is 1. The summed E-state index contributed by atoms with van der Waals surface area (Å²) in [5, 5.41) is 1.03. The third-order valence-electron chi connectivity index (χ3n) is 3.10. The summed E-state index contributed by atoms with van der Waals surface area (Å²) in [4.78, 5) is 18.0. The van der Waals surface area contributed by atoms with Gasteiger partial charge in [-0.3, -0.25) is 4.79 Å². The summed E-state index contributed by atoms with van der Waals surface area (Å²) in [6, 6.07) is 7.88. The van der Waals surface area contributed by atoms with E-state index in [1.54, 1.807) is 14.0 Å². The van der Waals surface area contributed by atoms with Crippen molar-refractivity contribution in [2.24, 2.45) is 5.92 Å². The molecule has 0 saturated carbocycles. The second-order valence-electron chi connectivity index (χ2n) is 5.76. The predicted octanol–water partition coefficient (Wildman–Crippen LogP) is 3.73. The van der Waals surface area contributed by atoms with Crippen LogP contribution in [0.4, 0.5) is 0 Å². The molecule has 126 valence electrons. The fourth-order valence-corrected chi connectivity index (χ4v) is 3.00. The van der Waals surface area contributed by atoms with E-state index < -0.39 is 6.29 Å². The molecule has 0 aliphatic heterocycles. The molecule has 2 rings (SSSR count). The third kappa shape index (κ3) is 5.28. The topological polar surface area (TPSA) is 56.8 Å². The maximum atomic E-state index is 12.2. The molecule has 5 nitrogen and oxygen atoms in total. The molecule has 0 bridgehead atoms. The van der Waals surface area contributed by atoms with Gasteiger partial charge in [0.15, 0.2) is 6.29 Å². The van der Waals surface area contributed by atoms with Crippen LogP contribution in [-0.2, 0) is 20.9 Å². The van der Waals surface area contributed by atoms with Gasteiger partial charge in [-0.15, -0.1) is 11.3 Å². The van der Waals surface area contributed by atoms with E-state index in [-0.39, 0.29) is 5.91 Å². The van der Waals surface area contributed by atoms with Crippen LogP contribution in [0.1, 0.15) is 36.0 Å². The summed E-state index contributed by atoms with van der Waals surface area (Å²) in [7, 11) is 1.66. The number of hydrogen-bond acceptors (Lipinski definition) is 5. The van der Waals surface area contributed by atoms with Crippen molar-refractivity contribution in [3.05, 3.63) is 34.7 Å². The number of ether oxygens (including phenoxy) is 2. The van der Waals surface area contributed by atoms with Gasteiger partial charge in [-0.2, -0.15) is 0 Å². The Labute approximate surface area is 140 Å². The van der Waals surface area contributed by atoms with Gasteiger partial charge in [0.25, 0.3) is 5.91 Å². The SMILES string of the molecule is COCc1ccc2cc(C(=O)NOC(C)OCC(C)C)sc2c1. The average Bonchev–Trinajstić information content (AvgIpc) is 2.94. The minimum atomic E-state index is -0.482. The molecule has 1 heterocycles. The Balaban J connectivity index is 1.95. The first-order valence-electron chi connectivity index (χ1n) is 7.58. The quantitative estimate of drug-likeness (QED) is 0.589. The monoisotopic (exact) mass is 337 g/mol. The van der Waals surface area contributed by atoms with Gasteiger partial charge >= 0.3 is 0 Å². The van der Waals surface area contributed by atoms with Gasteiger partial charge in [-0.1, -0.05) is 26.0 Å². The van der Waals surface area contributed by atoms with Gasteiger partial charge in [0.1, 0.15) is 0 Å². The highest BCUT2D eigenvalue weighted by Gasteiger charge is 2.13. The van der Waals surface area contributed by atoms with Crippen molar-refractivity contribution >= 4 is 27.3 Å². The van der Waals surface area contributed by atoms with Crippen molar-refractivity contribution in [3.8, 4) is 0 Å². The zero-order valence-corrected chi connectivity index (χ0v) is 14.7. The molecule has 1 unspecified atom stereocenters. The molecule has 1 atom stereocenters. The number of nitrogens with one attached hydrogen (secondary N) is 1. The van der Waals surface area contributed by atoms with E-state index in [1.807, 2.05) is 24.3 Å². The highest BCUT2D eigenvalue weighted by atomic mass is 32.1. The molecule has 1 N–H and O–H groups in total. The molecule has 2 aromatic rings. The van der Waals surface area contributed by atoms with Crippen LogP contribution >= 0.6 is 11.3 Å². The van der Waals surface area contributed by atoms with Crippen molar-refractivity contribution in [1.29, 1.82) is 0 Å². The summed E-state index contributed by atoms with van der Waals surface area (Å²) in [5.74, 6) is 0.153. The van der Waals surface area contributed by atoms with Crippen LogP contribution in [0.15, 0.2) is 24.3 Å². The first kappa shape index (κ1) is 17.9. The lowest BCUT2D eigenvalue weighted by molar-refractivity contribution is -0.163. The normalized spacial score (nSPS) is 12.7. The predicted molar refractivity (Wildman–Crippen MR) is 91.3 cm³/mol. The Morgan fingerprint density at radius 2 is 2.04 bits per heavy atom. The fraction of sp³-hybridized carbons (Fsp3) is 0.471. The van der Waals surface area contributed by atoms with Crippen molar-refractivity contribution in [3.63, 3.8) is 0 Å². The van der Waals surface area contributed by atoms with E-state index in [2.05, 4.69) is 19.3 Å². The maximum absolute atomic E-state index is 12.2. The van der Waals surface area contributed by atoms with E-state index in [0.29, 0.717) is 24.0 Å². The Bertz CT molecular complexity index is 653. The van der Waals surface area contributed by atoms with E-state index in [4.69, 9.17) is 14.3 Å². The summed E-state index contributed by atoms with van der Waals surface area (Å²) >= 11 is 1.43. The maximum Gasteiger partial charge on any atom is 0.285 e. The van der Waals surface area contributed by atoms with Crippen LogP contribution in [0.25, 0.3) is 10.1 Å². The van der Waals surface area contributed by atoms with E-state index >= 15 is 0 Å². The number of rotatable bonds is 8. The first-order chi connectivity index (χ1) is 11.0. The van der Waals surface area contributed by atoms with Gasteiger partial charge in [0.05, 0.1) is 18.1 Å². The van der Waals surface area contributed by atoms with Crippen molar-refractivity contribution < 1.29 is 19.1 Å². The highest BCUT2D eigenvalue weighted by molar-refractivity contribution is 7.20. The summed E-state index contributed by atoms with van der Waals surface area (Å²) < 4.78 is 11.6. The smallest absolute Gasteiger partial charge is 0.285 e. The molecule has 0 aliphatic carbocycles. The van der Waals surface area contributed by atoms with Crippen molar-refractivity contribution in [2.75, 3.05) is 13.7 Å². The van der Waals surface area contributed by atoms with Gasteiger partial charge in [0.2, 0.25) is 0 Å². The Hall–Kier alpha value is -1.47. The second-order valence-corrected chi connectivity index (χ2v) is 6.84. The molecule has 23 heavy (non-hydrogen) atoms. The lowest BCUT2D eigenvalue weighted by Crippen LogP contribution is -2.29. The number of hydroxylamine groups is 1. The lowest BCUT2D eigenvalue weighted by Gasteiger charge is -2.14. The molecule has 1 aromatic heterocycles. The van der Waals surface area contributed by atoms with Gasteiger partial charge < -0.3 is 9.47 Å². The van der Waals surface area contributed by atoms with Gasteiger partial charge in [0, 0.05) is 11.8 Å². The Morgan fingerprint density at radius 3 is 2.74 bits per heavy atom. The van der Waals surface area contributed by atoms with Crippen LogP contribution in [0.5, 0.6) is 0 Å². The van der Waals surface area contributed by atoms with E-state index in [0.717, 1.165) is 15.6 Å². The number of carbonyl (C=O) groups is 1. The average molecular weight is 337 g/mol. The number of methoxy groups -OCH3 is 1. The molecule has 0 saturated heterocycles. The van der Waals surface area contributed by atoms with Crippen molar-refractivity contribution in [1.82, 2.24) is 5.48 Å². The van der Waals surface area contributed by atoms with Gasteiger partial charge in [-0.05, 0) is 35.9 Å². The zero-order chi connectivity index (χ0) is 16.8. The van der Waals surface area contributed by atoms with Crippen LogP contribution in [0, 0.1) is 5.92 Å². The van der Waals surface area contributed by atoms with Crippen LogP contribution in [0.2, 0.25) is 0 Å². The highest BCUT2D eigenvalue weighted by Crippen LogP contribution is 2.27. The summed E-state index contributed by atoms with van der Waals surface area (Å²) in [6.07, 6.45) is -0.482. The van der Waals surface area contributed by atoms with Crippen LogP contribution < -0.4 is 5.48 Å². The minimum Gasteiger partial charge on any atom is -0.380 e. The number of fused-ring (bicyclic) bond motifs is 1. The van der Waals surface area contributed by atoms with E-state index in [1.165, 1.54) is 11.3 Å². The number of thiophene rings is 1. The van der Waals surface area contributed by atoms with Crippen LogP contribution in [0.3, 0.4) is 0 Å². The fourth-order valence-electron chi connectivity index (χ4n) is 1.99. The molecule has 6 heteroatoms. The largest absolute Gasteiger partial charge is 0.380 e. The molecule has 0 radical (unpaired) electrons. The Kier molecular flexibility index (Phi) is 6.53. The summed E-state index contributed by atoms with van der Waals surface area (Å²) in [6.45, 7) is 7.01. The third-order valence-corrected chi connectivity index (χ3v) is 4.20. The second kappa shape index (κ2) is 8.40. The molecule has 0 aliphatic rings.